The van der Waals surface area contributed by atoms with Gasteiger partial charge in [-0.2, -0.15) is 0 Å². The van der Waals surface area contributed by atoms with Crippen molar-refractivity contribution in [2.75, 3.05) is 0 Å². The Morgan fingerprint density at radius 2 is 1.28 bits per heavy atom. The molecule has 4 aromatic carbocycles. The van der Waals surface area contributed by atoms with Crippen LogP contribution in [0, 0.1) is 13.8 Å². The molecule has 0 aliphatic carbocycles. The van der Waals surface area contributed by atoms with Crippen LogP contribution >= 0.6 is 15.9 Å². The normalized spacial score (nSPS) is 17.0. The lowest BCUT2D eigenvalue weighted by Crippen LogP contribution is -2.33. The SMILES string of the molecule is Cc1ccc(C2(c3ccc(C)cc3)OC(c3ccccc3)=CC2c2cccc(Br)c2)cc1. The largest absolute Gasteiger partial charge is 0.477 e. The Balaban J connectivity index is 1.78. The Morgan fingerprint density at radius 1 is 0.688 bits per heavy atom. The van der Waals surface area contributed by atoms with Gasteiger partial charge in [-0.3, -0.25) is 0 Å². The van der Waals surface area contributed by atoms with E-state index in [9.17, 15) is 0 Å². The average molecular weight is 481 g/mol. The minimum absolute atomic E-state index is 0.0145. The van der Waals surface area contributed by atoms with Gasteiger partial charge in [0.2, 0.25) is 0 Å². The molecule has 0 saturated carbocycles. The van der Waals surface area contributed by atoms with Gasteiger partial charge in [0.15, 0.2) is 5.60 Å². The zero-order valence-corrected chi connectivity index (χ0v) is 19.8. The first-order valence-corrected chi connectivity index (χ1v) is 11.7. The molecule has 0 spiro atoms. The van der Waals surface area contributed by atoms with Crippen molar-refractivity contribution in [1.29, 1.82) is 0 Å². The summed E-state index contributed by atoms with van der Waals surface area (Å²) < 4.78 is 8.11. The first-order chi connectivity index (χ1) is 15.6. The van der Waals surface area contributed by atoms with Gasteiger partial charge in [0, 0.05) is 21.2 Å². The van der Waals surface area contributed by atoms with E-state index in [4.69, 9.17) is 4.74 Å². The third-order valence-corrected chi connectivity index (χ3v) is 6.75. The monoisotopic (exact) mass is 480 g/mol. The van der Waals surface area contributed by atoms with E-state index in [1.54, 1.807) is 0 Å². The highest BCUT2D eigenvalue weighted by Gasteiger charge is 2.49. The van der Waals surface area contributed by atoms with Crippen LogP contribution in [-0.2, 0) is 10.3 Å². The highest BCUT2D eigenvalue weighted by molar-refractivity contribution is 9.10. The standard InChI is InChI=1S/C30H25BrO/c1-21-11-15-25(16-12-21)30(26-17-13-22(2)14-18-26)28(24-9-6-10-27(31)19-24)20-29(32-30)23-7-4-3-5-8-23/h3-20,28H,1-2H3. The molecule has 0 saturated heterocycles. The van der Waals surface area contributed by atoms with E-state index >= 15 is 0 Å². The summed E-state index contributed by atoms with van der Waals surface area (Å²) in [7, 11) is 0. The van der Waals surface area contributed by atoms with Crippen LogP contribution in [-0.4, -0.2) is 0 Å². The van der Waals surface area contributed by atoms with Crippen molar-refractivity contribution in [3.63, 3.8) is 0 Å². The lowest BCUT2D eigenvalue weighted by molar-refractivity contribution is 0.0845. The fraction of sp³-hybridized carbons (Fsp3) is 0.133. The van der Waals surface area contributed by atoms with Crippen molar-refractivity contribution in [2.24, 2.45) is 0 Å². The molecule has 2 heteroatoms. The maximum atomic E-state index is 7.04. The number of benzene rings is 4. The molecule has 0 aromatic heterocycles. The summed E-state index contributed by atoms with van der Waals surface area (Å²) >= 11 is 3.68. The van der Waals surface area contributed by atoms with Crippen LogP contribution in [0.5, 0.6) is 0 Å². The lowest BCUT2D eigenvalue weighted by Gasteiger charge is -2.37. The molecule has 158 valence electrons. The van der Waals surface area contributed by atoms with Gasteiger partial charge < -0.3 is 4.74 Å². The molecule has 1 unspecified atom stereocenters. The molecule has 1 aliphatic rings. The van der Waals surface area contributed by atoms with Gasteiger partial charge in [0.05, 0.1) is 5.92 Å². The van der Waals surface area contributed by atoms with Gasteiger partial charge in [-0.15, -0.1) is 0 Å². The zero-order chi connectivity index (χ0) is 22.1. The second-order valence-electron chi connectivity index (χ2n) is 8.50. The Labute approximate surface area is 198 Å². The molecule has 0 amide bonds. The van der Waals surface area contributed by atoms with Crippen molar-refractivity contribution >= 4 is 21.7 Å². The quantitative estimate of drug-likeness (QED) is 0.286. The first-order valence-electron chi connectivity index (χ1n) is 10.9. The molecule has 0 bridgehead atoms. The number of hydrogen-bond acceptors (Lipinski definition) is 1. The Bertz CT molecular complexity index is 1210. The lowest BCUT2D eigenvalue weighted by atomic mass is 9.73. The molecule has 1 aliphatic heterocycles. The zero-order valence-electron chi connectivity index (χ0n) is 18.3. The van der Waals surface area contributed by atoms with Crippen LogP contribution < -0.4 is 0 Å². The molecule has 0 radical (unpaired) electrons. The smallest absolute Gasteiger partial charge is 0.169 e. The Hall–Kier alpha value is -3.10. The van der Waals surface area contributed by atoms with E-state index in [-0.39, 0.29) is 5.92 Å². The first kappa shape index (κ1) is 20.8. The van der Waals surface area contributed by atoms with Gasteiger partial charge in [0.25, 0.3) is 0 Å². The molecule has 5 rings (SSSR count). The number of aryl methyl sites for hydroxylation is 2. The topological polar surface area (TPSA) is 9.23 Å². The van der Waals surface area contributed by atoms with Crippen molar-refractivity contribution in [2.45, 2.75) is 25.4 Å². The van der Waals surface area contributed by atoms with E-state index in [1.165, 1.54) is 16.7 Å². The molecule has 1 heterocycles. The Morgan fingerprint density at radius 3 is 1.84 bits per heavy atom. The predicted octanol–water partition coefficient (Wildman–Crippen LogP) is 8.16. The van der Waals surface area contributed by atoms with Crippen molar-refractivity contribution < 1.29 is 4.74 Å². The molecule has 1 nitrogen and oxygen atoms in total. The summed E-state index contributed by atoms with van der Waals surface area (Å²) in [6, 6.07) is 36.5. The van der Waals surface area contributed by atoms with E-state index in [2.05, 4.69) is 133 Å². The van der Waals surface area contributed by atoms with Crippen LogP contribution in [0.3, 0.4) is 0 Å². The second-order valence-corrected chi connectivity index (χ2v) is 9.42. The van der Waals surface area contributed by atoms with Gasteiger partial charge in [-0.1, -0.05) is 118 Å². The van der Waals surface area contributed by atoms with Crippen LogP contribution in [0.1, 0.15) is 39.3 Å². The van der Waals surface area contributed by atoms with Crippen molar-refractivity contribution in [3.8, 4) is 0 Å². The van der Waals surface area contributed by atoms with Crippen molar-refractivity contribution in [1.82, 2.24) is 0 Å². The Kier molecular flexibility index (Phi) is 5.48. The molecule has 0 N–H and O–H groups in total. The van der Waals surface area contributed by atoms with E-state index < -0.39 is 5.60 Å². The average Bonchev–Trinajstić information content (AvgIpc) is 3.22. The van der Waals surface area contributed by atoms with E-state index in [1.807, 2.05) is 6.07 Å². The molecular weight excluding hydrogens is 456 g/mol. The maximum Gasteiger partial charge on any atom is 0.169 e. The highest BCUT2D eigenvalue weighted by Crippen LogP contribution is 2.54. The van der Waals surface area contributed by atoms with Gasteiger partial charge in [-0.05, 0) is 37.6 Å². The number of halogens is 1. The predicted molar refractivity (Wildman–Crippen MR) is 136 cm³/mol. The summed E-state index contributed by atoms with van der Waals surface area (Å²) in [6.45, 7) is 4.24. The maximum absolute atomic E-state index is 7.04. The molecule has 32 heavy (non-hydrogen) atoms. The summed E-state index contributed by atoms with van der Waals surface area (Å²) in [5.41, 5.74) is 6.42. The third-order valence-electron chi connectivity index (χ3n) is 6.25. The van der Waals surface area contributed by atoms with Crippen LogP contribution in [0.2, 0.25) is 0 Å². The molecule has 4 aromatic rings. The van der Waals surface area contributed by atoms with Crippen LogP contribution in [0.4, 0.5) is 0 Å². The fourth-order valence-electron chi connectivity index (χ4n) is 4.57. The number of hydrogen-bond donors (Lipinski definition) is 0. The highest BCUT2D eigenvalue weighted by atomic mass is 79.9. The summed E-state index contributed by atoms with van der Waals surface area (Å²) in [4.78, 5) is 0. The third kappa shape index (κ3) is 3.69. The van der Waals surface area contributed by atoms with E-state index in [0.717, 1.165) is 26.9 Å². The van der Waals surface area contributed by atoms with Gasteiger partial charge in [-0.25, -0.2) is 0 Å². The molecule has 0 fully saturated rings. The van der Waals surface area contributed by atoms with Gasteiger partial charge >= 0.3 is 0 Å². The molecular formula is C30H25BrO. The number of ether oxygens (including phenoxy) is 1. The van der Waals surface area contributed by atoms with E-state index in [0.29, 0.717) is 0 Å². The fourth-order valence-corrected chi connectivity index (χ4v) is 4.99. The number of rotatable bonds is 4. The second kappa shape index (κ2) is 8.44. The van der Waals surface area contributed by atoms with Crippen molar-refractivity contribution in [3.05, 3.63) is 147 Å². The molecule has 1 atom stereocenters. The summed E-state index contributed by atoms with van der Waals surface area (Å²) in [5, 5.41) is 0. The van der Waals surface area contributed by atoms with Gasteiger partial charge in [0.1, 0.15) is 5.76 Å². The van der Waals surface area contributed by atoms with Crippen LogP contribution in [0.25, 0.3) is 5.76 Å². The minimum atomic E-state index is -0.659. The minimum Gasteiger partial charge on any atom is -0.477 e. The summed E-state index contributed by atoms with van der Waals surface area (Å²) in [6.07, 6.45) is 2.29. The van der Waals surface area contributed by atoms with Crippen LogP contribution in [0.15, 0.2) is 114 Å². The summed E-state index contributed by atoms with van der Waals surface area (Å²) in [5.74, 6) is 0.928.